The number of unbranched alkanes of at least 4 members (excludes halogenated alkanes) is 2. The van der Waals surface area contributed by atoms with Crippen molar-refractivity contribution in [3.63, 3.8) is 0 Å². The van der Waals surface area contributed by atoms with E-state index in [2.05, 4.69) is 55.1 Å². The Labute approximate surface area is 410 Å². The molecule has 0 bridgehead atoms. The predicted octanol–water partition coefficient (Wildman–Crippen LogP) is 11.9. The standard InChI is InChI=1S/C59H64N2O9/c1-3-32-68-59-55(61(39-46-23-15-22-43-19-9-10-24-49(43)46)58(64)67-34-33-66-40-41-16-5-4-6-17-41)38-53(60-65-2)51-36-45(21-11-13-30-62)50(25-12-14-31-63)56(57(51)59)52-37-48(28-29-54(52)70-59)69-47-27-26-42-18-7-8-20-44(42)35-47/h3-10,15-20,22-24,26-29,35-37,45,50,55-57,62-63H,1,11-14,21,25,30-34,38-40H2,2H3. The molecule has 11 heteroatoms. The first kappa shape index (κ1) is 48.5. The summed E-state index contributed by atoms with van der Waals surface area (Å²) in [5.41, 5.74) is 4.55. The summed E-state index contributed by atoms with van der Waals surface area (Å²) in [5.74, 6) is -0.120. The third-order valence-corrected chi connectivity index (χ3v) is 14.2. The summed E-state index contributed by atoms with van der Waals surface area (Å²) >= 11 is 0. The summed E-state index contributed by atoms with van der Waals surface area (Å²) in [6, 6.07) is 43.7. The van der Waals surface area contributed by atoms with Crippen LogP contribution in [0.4, 0.5) is 4.79 Å². The van der Waals surface area contributed by atoms with Crippen LogP contribution in [0.1, 0.15) is 67.6 Å². The van der Waals surface area contributed by atoms with Crippen molar-refractivity contribution in [2.45, 2.75) is 75.8 Å². The molecule has 70 heavy (non-hydrogen) atoms. The van der Waals surface area contributed by atoms with Gasteiger partial charge in [-0.2, -0.15) is 0 Å². The predicted molar refractivity (Wildman–Crippen MR) is 273 cm³/mol. The number of rotatable bonds is 22. The van der Waals surface area contributed by atoms with Crippen LogP contribution >= 0.6 is 0 Å². The van der Waals surface area contributed by atoms with E-state index in [1.165, 1.54) is 0 Å². The molecule has 6 unspecified atom stereocenters. The highest BCUT2D eigenvalue weighted by Gasteiger charge is 2.65. The molecule has 1 saturated carbocycles. The topological polar surface area (TPSA) is 129 Å². The minimum Gasteiger partial charge on any atom is -0.459 e. The van der Waals surface area contributed by atoms with Crippen molar-refractivity contribution in [3.8, 4) is 17.2 Å². The van der Waals surface area contributed by atoms with Crippen LogP contribution in [0.2, 0.25) is 0 Å². The molecule has 1 heterocycles. The van der Waals surface area contributed by atoms with E-state index >= 15 is 4.79 Å². The Morgan fingerprint density at radius 3 is 2.34 bits per heavy atom. The molecule has 0 aromatic heterocycles. The van der Waals surface area contributed by atoms with Crippen molar-refractivity contribution < 1.29 is 43.5 Å². The lowest BCUT2D eigenvalue weighted by molar-refractivity contribution is -0.256. The number of allylic oxidation sites excluding steroid dienone is 1. The molecule has 1 fully saturated rings. The summed E-state index contributed by atoms with van der Waals surface area (Å²) in [7, 11) is 1.55. The minimum absolute atomic E-state index is 0.0211. The summed E-state index contributed by atoms with van der Waals surface area (Å²) in [5, 5.41) is 29.1. The van der Waals surface area contributed by atoms with Crippen LogP contribution in [-0.2, 0) is 32.2 Å². The molecular weight excluding hydrogens is 881 g/mol. The van der Waals surface area contributed by atoms with E-state index in [1.54, 1.807) is 18.1 Å². The van der Waals surface area contributed by atoms with Crippen LogP contribution < -0.4 is 9.47 Å². The molecule has 3 aliphatic rings. The van der Waals surface area contributed by atoms with Gasteiger partial charge in [-0.15, -0.1) is 6.58 Å². The fourth-order valence-corrected chi connectivity index (χ4v) is 11.1. The number of carbonyl (C=O) groups is 1. The fraction of sp³-hybridized carbons (Fsp3) is 0.356. The highest BCUT2D eigenvalue weighted by Crippen LogP contribution is 2.62. The summed E-state index contributed by atoms with van der Waals surface area (Å²) in [6.45, 7) is 5.19. The highest BCUT2D eigenvalue weighted by atomic mass is 16.7. The number of ether oxygens (including phenoxy) is 5. The monoisotopic (exact) mass is 944 g/mol. The average molecular weight is 945 g/mol. The Morgan fingerprint density at radius 2 is 1.54 bits per heavy atom. The number of amides is 1. The van der Waals surface area contributed by atoms with E-state index in [1.807, 2.05) is 91.0 Å². The maximum atomic E-state index is 15.2. The third-order valence-electron chi connectivity index (χ3n) is 14.2. The first-order chi connectivity index (χ1) is 34.4. The van der Waals surface area contributed by atoms with Gasteiger partial charge in [0.15, 0.2) is 0 Å². The van der Waals surface area contributed by atoms with E-state index < -0.39 is 23.8 Å². The van der Waals surface area contributed by atoms with Gasteiger partial charge in [-0.3, -0.25) is 4.90 Å². The van der Waals surface area contributed by atoms with Gasteiger partial charge in [-0.1, -0.05) is 133 Å². The molecule has 364 valence electrons. The molecular formula is C59H64N2O9. The summed E-state index contributed by atoms with van der Waals surface area (Å²) in [4.78, 5) is 22.6. The van der Waals surface area contributed by atoms with Crippen molar-refractivity contribution in [2.75, 3.05) is 40.1 Å². The van der Waals surface area contributed by atoms with Gasteiger partial charge in [-0.25, -0.2) is 4.79 Å². The van der Waals surface area contributed by atoms with E-state index in [9.17, 15) is 10.2 Å². The zero-order chi connectivity index (χ0) is 48.3. The Morgan fingerprint density at radius 1 is 0.814 bits per heavy atom. The van der Waals surface area contributed by atoms with Gasteiger partial charge in [0, 0.05) is 31.1 Å². The lowest BCUT2D eigenvalue weighted by atomic mass is 9.55. The first-order valence-electron chi connectivity index (χ1n) is 24.7. The molecule has 9 rings (SSSR count). The summed E-state index contributed by atoms with van der Waals surface area (Å²) < 4.78 is 33.6. The van der Waals surface area contributed by atoms with Crippen molar-refractivity contribution in [1.82, 2.24) is 4.90 Å². The third kappa shape index (κ3) is 10.5. The van der Waals surface area contributed by atoms with Crippen LogP contribution in [0.15, 0.2) is 163 Å². The largest absolute Gasteiger partial charge is 0.459 e. The second-order valence-corrected chi connectivity index (χ2v) is 18.5. The number of fused-ring (bicyclic) bond motifs is 4. The number of benzene rings is 6. The number of oxime groups is 1. The molecule has 11 nitrogen and oxygen atoms in total. The minimum atomic E-state index is -1.48. The van der Waals surface area contributed by atoms with Gasteiger partial charge in [0.05, 0.1) is 38.0 Å². The van der Waals surface area contributed by atoms with Crippen LogP contribution in [0, 0.1) is 17.8 Å². The molecule has 6 aromatic rings. The normalized spacial score (nSPS) is 21.8. The molecule has 6 aromatic carbocycles. The second-order valence-electron chi connectivity index (χ2n) is 18.5. The van der Waals surface area contributed by atoms with Crippen LogP contribution in [0.25, 0.3) is 21.5 Å². The van der Waals surface area contributed by atoms with Crippen molar-refractivity contribution in [3.05, 3.63) is 174 Å². The molecule has 0 spiro atoms. The zero-order valence-corrected chi connectivity index (χ0v) is 40.0. The van der Waals surface area contributed by atoms with Gasteiger partial charge in [0.1, 0.15) is 37.0 Å². The number of hydrogen-bond donors (Lipinski definition) is 2. The maximum absolute atomic E-state index is 15.2. The number of hydrogen-bond acceptors (Lipinski definition) is 10. The zero-order valence-electron chi connectivity index (χ0n) is 40.0. The van der Waals surface area contributed by atoms with Crippen LogP contribution in [0.5, 0.6) is 17.2 Å². The van der Waals surface area contributed by atoms with Gasteiger partial charge < -0.3 is 38.7 Å². The molecule has 2 N–H and O–H groups in total. The van der Waals surface area contributed by atoms with Crippen molar-refractivity contribution in [2.24, 2.45) is 22.9 Å². The SMILES string of the molecule is C=CCOC12Oc3ccc(Oc4ccc5ccccc5c4)cc3C3C(CCCCO)C(CCCCO)C=C(C(=NOC)CC1N(Cc1cccc4ccccc14)C(=O)OCCOCc1ccccc1)C32. The van der Waals surface area contributed by atoms with Gasteiger partial charge in [0.25, 0.3) is 0 Å². The quantitative estimate of drug-likeness (QED) is 0.0388. The number of aliphatic hydroxyl groups is 2. The Hall–Kier alpha value is -6.50. The molecule has 1 aliphatic heterocycles. The second kappa shape index (κ2) is 22.9. The van der Waals surface area contributed by atoms with Gasteiger partial charge in [0.2, 0.25) is 5.79 Å². The van der Waals surface area contributed by atoms with E-state index in [-0.39, 0.29) is 63.8 Å². The molecule has 6 atom stereocenters. The Bertz CT molecular complexity index is 2790. The van der Waals surface area contributed by atoms with Gasteiger partial charge in [-0.05, 0) is 106 Å². The van der Waals surface area contributed by atoms with E-state index in [4.69, 9.17) is 33.7 Å². The Kier molecular flexibility index (Phi) is 15.9. The van der Waals surface area contributed by atoms with Gasteiger partial charge >= 0.3 is 6.09 Å². The fourth-order valence-electron chi connectivity index (χ4n) is 11.1. The lowest BCUT2D eigenvalue weighted by Gasteiger charge is -2.59. The van der Waals surface area contributed by atoms with Crippen molar-refractivity contribution in [1.29, 1.82) is 0 Å². The first-order valence-corrected chi connectivity index (χ1v) is 24.7. The highest BCUT2D eigenvalue weighted by molar-refractivity contribution is 6.03. The molecule has 2 aliphatic carbocycles. The molecule has 0 radical (unpaired) electrons. The smallest absolute Gasteiger partial charge is 0.410 e. The average Bonchev–Trinajstić information content (AvgIpc) is 3.39. The van der Waals surface area contributed by atoms with E-state index in [0.29, 0.717) is 42.4 Å². The van der Waals surface area contributed by atoms with Crippen molar-refractivity contribution >= 4 is 33.3 Å². The summed E-state index contributed by atoms with van der Waals surface area (Å²) in [6.07, 6.45) is 8.31. The lowest BCUT2D eigenvalue weighted by Crippen LogP contribution is -2.70. The molecule has 0 saturated heterocycles. The van der Waals surface area contributed by atoms with E-state index in [0.717, 1.165) is 69.5 Å². The van der Waals surface area contributed by atoms with Crippen LogP contribution in [-0.4, -0.2) is 78.9 Å². The number of nitrogens with zero attached hydrogens (tertiary/aromatic N) is 2. The number of carbonyl (C=O) groups excluding carboxylic acids is 1. The maximum Gasteiger partial charge on any atom is 0.410 e. The van der Waals surface area contributed by atoms with Crippen LogP contribution in [0.3, 0.4) is 0 Å². The Balaban J connectivity index is 1.18. The number of aliphatic hydroxyl groups excluding tert-OH is 2. The molecule has 1 amide bonds.